The van der Waals surface area contributed by atoms with Gasteiger partial charge in [-0.1, -0.05) is 37.3 Å². The first-order valence-corrected chi connectivity index (χ1v) is 11.1. The average molecular weight is 441 g/mol. The number of esters is 1. The number of fused-ring (bicyclic) bond motifs is 1. The first-order chi connectivity index (χ1) is 14.5. The lowest BCUT2D eigenvalue weighted by atomic mass is 9.88. The number of nitrogens with one attached hydrogen (secondary N) is 2. The maximum atomic E-state index is 12.4. The zero-order valence-corrected chi connectivity index (χ0v) is 18.6. The molecule has 1 aliphatic carbocycles. The van der Waals surface area contributed by atoms with E-state index < -0.39 is 0 Å². The molecule has 156 valence electrons. The topological polar surface area (TPSA) is 68.2 Å². The highest BCUT2D eigenvalue weighted by molar-refractivity contribution is 7.80. The van der Waals surface area contributed by atoms with Crippen LogP contribution in [-0.4, -0.2) is 28.0 Å². The maximum Gasteiger partial charge on any atom is 0.341 e. The lowest BCUT2D eigenvalue weighted by Gasteiger charge is -2.18. The number of rotatable bonds is 5. The predicted octanol–water partition coefficient (Wildman–Crippen LogP) is 4.71. The quantitative estimate of drug-likeness (QED) is 0.442. The number of anilines is 2. The van der Waals surface area contributed by atoms with E-state index in [1.54, 1.807) is 17.5 Å². The predicted molar refractivity (Wildman–Crippen MR) is 124 cm³/mol. The number of methoxy groups -OCH3 is 1. The van der Waals surface area contributed by atoms with E-state index >= 15 is 0 Å². The van der Waals surface area contributed by atoms with Crippen molar-refractivity contribution < 1.29 is 9.53 Å². The largest absolute Gasteiger partial charge is 0.465 e. The highest BCUT2D eigenvalue weighted by Gasteiger charge is 2.28. The second-order valence-electron chi connectivity index (χ2n) is 7.54. The number of nitrogens with zero attached hydrogens (tertiary/aromatic N) is 2. The summed E-state index contributed by atoms with van der Waals surface area (Å²) < 4.78 is 6.89. The summed E-state index contributed by atoms with van der Waals surface area (Å²) in [5.41, 5.74) is 3.69. The van der Waals surface area contributed by atoms with Crippen LogP contribution < -0.4 is 10.6 Å². The first kappa shape index (κ1) is 20.6. The molecule has 2 N–H and O–H groups in total. The zero-order valence-electron chi connectivity index (χ0n) is 17.0. The number of aromatic nitrogens is 2. The molecule has 3 aromatic rings. The van der Waals surface area contributed by atoms with Crippen LogP contribution in [0.3, 0.4) is 0 Å². The van der Waals surface area contributed by atoms with Crippen molar-refractivity contribution in [2.45, 2.75) is 32.7 Å². The van der Waals surface area contributed by atoms with Crippen molar-refractivity contribution in [3.05, 3.63) is 64.3 Å². The van der Waals surface area contributed by atoms with Crippen molar-refractivity contribution in [2.75, 3.05) is 17.7 Å². The van der Waals surface area contributed by atoms with Gasteiger partial charge in [-0.3, -0.25) is 4.68 Å². The van der Waals surface area contributed by atoms with Gasteiger partial charge in [0.2, 0.25) is 0 Å². The number of hydrogen-bond donors (Lipinski definition) is 2. The number of carbonyl (C=O) groups excluding carboxylic acids is 1. The van der Waals surface area contributed by atoms with E-state index in [1.165, 1.54) is 17.6 Å². The fourth-order valence-electron chi connectivity index (χ4n) is 3.71. The van der Waals surface area contributed by atoms with Crippen LogP contribution >= 0.6 is 23.6 Å². The molecule has 2 aromatic heterocycles. The van der Waals surface area contributed by atoms with E-state index in [9.17, 15) is 4.79 Å². The lowest BCUT2D eigenvalue weighted by Crippen LogP contribution is -2.20. The van der Waals surface area contributed by atoms with Crippen molar-refractivity contribution in [1.82, 2.24) is 9.78 Å². The highest BCUT2D eigenvalue weighted by Crippen LogP contribution is 2.40. The summed E-state index contributed by atoms with van der Waals surface area (Å²) in [6, 6.07) is 10.1. The molecule has 1 aromatic carbocycles. The van der Waals surface area contributed by atoms with Crippen LogP contribution in [0, 0.1) is 5.92 Å². The molecule has 2 heterocycles. The molecular weight excluding hydrogens is 416 g/mol. The average Bonchev–Trinajstić information content (AvgIpc) is 3.31. The van der Waals surface area contributed by atoms with Crippen LogP contribution in [0.25, 0.3) is 0 Å². The second kappa shape index (κ2) is 8.97. The summed E-state index contributed by atoms with van der Waals surface area (Å²) in [6.45, 7) is 2.93. The fourth-order valence-corrected chi connectivity index (χ4v) is 5.40. The normalized spacial score (nSPS) is 15.3. The van der Waals surface area contributed by atoms with Crippen LogP contribution in [0.15, 0.2) is 42.7 Å². The van der Waals surface area contributed by atoms with Gasteiger partial charge in [0.25, 0.3) is 0 Å². The third-order valence-corrected chi connectivity index (χ3v) is 6.58. The molecule has 6 nitrogen and oxygen atoms in total. The summed E-state index contributed by atoms with van der Waals surface area (Å²) in [7, 11) is 1.42. The van der Waals surface area contributed by atoms with E-state index in [0.717, 1.165) is 35.5 Å². The van der Waals surface area contributed by atoms with Gasteiger partial charge in [-0.2, -0.15) is 5.10 Å². The van der Waals surface area contributed by atoms with Crippen LogP contribution in [0.2, 0.25) is 0 Å². The molecule has 0 spiro atoms. The Labute approximate surface area is 185 Å². The summed E-state index contributed by atoms with van der Waals surface area (Å²) >= 11 is 7.09. The van der Waals surface area contributed by atoms with Gasteiger partial charge < -0.3 is 15.4 Å². The Balaban J connectivity index is 1.46. The fraction of sp³-hybridized carbons (Fsp3) is 0.318. The summed E-state index contributed by atoms with van der Waals surface area (Å²) in [5.74, 6) is 0.304. The lowest BCUT2D eigenvalue weighted by molar-refractivity contribution is 0.0601. The Hall–Kier alpha value is -2.71. The van der Waals surface area contributed by atoms with Crippen molar-refractivity contribution in [1.29, 1.82) is 0 Å². The molecule has 1 aliphatic rings. The van der Waals surface area contributed by atoms with Crippen LogP contribution in [0.5, 0.6) is 0 Å². The van der Waals surface area contributed by atoms with E-state index in [-0.39, 0.29) is 5.97 Å². The molecule has 0 amide bonds. The van der Waals surface area contributed by atoms with Crippen LogP contribution in [-0.2, 0) is 24.1 Å². The number of ether oxygens (including phenoxy) is 1. The number of benzene rings is 1. The van der Waals surface area contributed by atoms with E-state index in [2.05, 4.69) is 34.8 Å². The minimum atomic E-state index is -0.317. The van der Waals surface area contributed by atoms with Gasteiger partial charge in [0.1, 0.15) is 5.00 Å². The molecule has 0 saturated carbocycles. The third-order valence-electron chi connectivity index (χ3n) is 5.21. The number of carbonyl (C=O) groups is 1. The Morgan fingerprint density at radius 2 is 2.13 bits per heavy atom. The van der Waals surface area contributed by atoms with E-state index in [1.807, 2.05) is 29.1 Å². The number of hydrogen-bond acceptors (Lipinski definition) is 5. The van der Waals surface area contributed by atoms with Crippen molar-refractivity contribution >= 4 is 45.3 Å². The molecule has 4 rings (SSSR count). The van der Waals surface area contributed by atoms with Gasteiger partial charge in [0.05, 0.1) is 31.1 Å². The Bertz CT molecular complexity index is 1060. The smallest absolute Gasteiger partial charge is 0.341 e. The minimum absolute atomic E-state index is 0.317. The molecule has 0 bridgehead atoms. The number of thiocarbonyl (C=S) groups is 1. The van der Waals surface area contributed by atoms with Crippen molar-refractivity contribution in [3.63, 3.8) is 0 Å². The molecular formula is C22H24N4O2S2. The Morgan fingerprint density at radius 3 is 2.90 bits per heavy atom. The van der Waals surface area contributed by atoms with Gasteiger partial charge in [0.15, 0.2) is 5.11 Å². The molecule has 8 heteroatoms. The summed E-state index contributed by atoms with van der Waals surface area (Å²) in [4.78, 5) is 13.7. The molecule has 0 fully saturated rings. The molecule has 1 unspecified atom stereocenters. The maximum absolute atomic E-state index is 12.4. The van der Waals surface area contributed by atoms with Crippen molar-refractivity contribution in [3.8, 4) is 0 Å². The second-order valence-corrected chi connectivity index (χ2v) is 9.05. The van der Waals surface area contributed by atoms with E-state index in [4.69, 9.17) is 17.0 Å². The van der Waals surface area contributed by atoms with Gasteiger partial charge in [-0.25, -0.2) is 4.79 Å². The standard InChI is InChI=1S/C22H24N4O2S2/c1-14-8-9-17-18(10-14)30-20(19(17)21(27)28-2)25-22(29)24-16-11-23-26(13-16)12-15-6-4-3-5-7-15/h3-7,11,13-14H,8-10,12H2,1-2H3,(H2,24,25,29). The van der Waals surface area contributed by atoms with Crippen molar-refractivity contribution in [2.24, 2.45) is 5.92 Å². The van der Waals surface area contributed by atoms with E-state index in [0.29, 0.717) is 23.1 Å². The monoisotopic (exact) mass is 440 g/mol. The molecule has 0 radical (unpaired) electrons. The highest BCUT2D eigenvalue weighted by atomic mass is 32.1. The molecule has 30 heavy (non-hydrogen) atoms. The van der Waals surface area contributed by atoms with Crippen LogP contribution in [0.4, 0.5) is 10.7 Å². The zero-order chi connectivity index (χ0) is 21.1. The van der Waals surface area contributed by atoms with Crippen LogP contribution in [0.1, 0.15) is 39.7 Å². The van der Waals surface area contributed by atoms with Gasteiger partial charge in [-0.05, 0) is 48.5 Å². The Kier molecular flexibility index (Phi) is 6.15. The minimum Gasteiger partial charge on any atom is -0.465 e. The van der Waals surface area contributed by atoms with Gasteiger partial charge >= 0.3 is 5.97 Å². The summed E-state index contributed by atoms with van der Waals surface area (Å²) in [5, 5.41) is 11.9. The van der Waals surface area contributed by atoms with Gasteiger partial charge in [0, 0.05) is 11.1 Å². The molecule has 0 saturated heterocycles. The van der Waals surface area contributed by atoms with Gasteiger partial charge in [-0.15, -0.1) is 11.3 Å². The third kappa shape index (κ3) is 4.55. The summed E-state index contributed by atoms with van der Waals surface area (Å²) in [6.07, 6.45) is 6.60. The Morgan fingerprint density at radius 1 is 1.33 bits per heavy atom. The first-order valence-electron chi connectivity index (χ1n) is 9.90. The SMILES string of the molecule is COC(=O)c1c(NC(=S)Nc2cnn(Cc3ccccc3)c2)sc2c1CCC(C)C2. The molecule has 0 aliphatic heterocycles. The number of thiophene rings is 1. The molecule has 1 atom stereocenters.